The molecule has 1 atom stereocenters. The molecule has 0 spiro atoms. The Kier molecular flexibility index (Phi) is 6.20. The predicted octanol–water partition coefficient (Wildman–Crippen LogP) is 1.78. The summed E-state index contributed by atoms with van der Waals surface area (Å²) in [6, 6.07) is -0.0434. The van der Waals surface area contributed by atoms with Gasteiger partial charge in [0.25, 0.3) is 0 Å². The maximum Gasteiger partial charge on any atom is 0.323 e. The zero-order valence-electron chi connectivity index (χ0n) is 11.5. The number of likely N-dealkylation sites (tertiary alicyclic amines) is 1. The molecule has 0 bridgehead atoms. The third-order valence-corrected chi connectivity index (χ3v) is 3.47. The Morgan fingerprint density at radius 2 is 2.16 bits per heavy atom. The van der Waals surface area contributed by atoms with Gasteiger partial charge in [0.1, 0.15) is 6.54 Å². The maximum absolute atomic E-state index is 12.4. The fraction of sp³-hybridized carbons (Fsp3) is 0.714. The van der Waals surface area contributed by atoms with Crippen LogP contribution in [0.25, 0.3) is 0 Å². The van der Waals surface area contributed by atoms with Gasteiger partial charge in [0.2, 0.25) is 0 Å². The van der Waals surface area contributed by atoms with Gasteiger partial charge in [0, 0.05) is 12.6 Å². The van der Waals surface area contributed by atoms with E-state index in [-0.39, 0.29) is 25.2 Å². The smallest absolute Gasteiger partial charge is 0.323 e. The highest BCUT2D eigenvalue weighted by atomic mass is 16.4. The lowest BCUT2D eigenvalue weighted by Gasteiger charge is -2.33. The lowest BCUT2D eigenvalue weighted by molar-refractivity contribution is -0.137. The molecular formula is C14H22N2O3. The molecule has 1 aliphatic heterocycles. The van der Waals surface area contributed by atoms with Crippen molar-refractivity contribution in [3.05, 3.63) is 0 Å². The van der Waals surface area contributed by atoms with Crippen LogP contribution in [-0.2, 0) is 4.79 Å². The number of carbonyl (C=O) groups is 2. The Labute approximate surface area is 114 Å². The number of hydrogen-bond acceptors (Lipinski definition) is 2. The summed E-state index contributed by atoms with van der Waals surface area (Å²) in [6.45, 7) is 2.45. The summed E-state index contributed by atoms with van der Waals surface area (Å²) in [5.74, 6) is 1.32. The Morgan fingerprint density at radius 3 is 2.74 bits per heavy atom. The average Bonchev–Trinajstić information content (AvgIpc) is 2.61. The molecule has 106 valence electrons. The summed E-state index contributed by atoms with van der Waals surface area (Å²) >= 11 is 0. The summed E-state index contributed by atoms with van der Waals surface area (Å²) in [5.41, 5.74) is 0. The molecule has 1 unspecified atom stereocenters. The van der Waals surface area contributed by atoms with Crippen LogP contribution < -0.4 is 0 Å². The maximum atomic E-state index is 12.4. The molecule has 5 nitrogen and oxygen atoms in total. The molecule has 1 N–H and O–H groups in total. The molecule has 1 rings (SSSR count). The fourth-order valence-electron chi connectivity index (χ4n) is 2.50. The SMILES string of the molecule is C#CCN(CC(=O)O)C(=O)N1CCCCCC1CC. The van der Waals surface area contributed by atoms with Crippen molar-refractivity contribution in [3.63, 3.8) is 0 Å². The fourth-order valence-corrected chi connectivity index (χ4v) is 2.50. The van der Waals surface area contributed by atoms with Gasteiger partial charge in [-0.1, -0.05) is 25.7 Å². The molecule has 0 aromatic carbocycles. The van der Waals surface area contributed by atoms with Crippen molar-refractivity contribution in [2.45, 2.75) is 45.1 Å². The van der Waals surface area contributed by atoms with Gasteiger partial charge < -0.3 is 14.9 Å². The highest BCUT2D eigenvalue weighted by molar-refractivity contribution is 5.80. The van der Waals surface area contributed by atoms with Gasteiger partial charge in [-0.2, -0.15) is 0 Å². The molecule has 0 radical (unpaired) electrons. The van der Waals surface area contributed by atoms with Crippen molar-refractivity contribution in [1.82, 2.24) is 9.80 Å². The predicted molar refractivity (Wildman–Crippen MR) is 72.7 cm³/mol. The highest BCUT2D eigenvalue weighted by Crippen LogP contribution is 2.20. The van der Waals surface area contributed by atoms with Crippen molar-refractivity contribution in [2.75, 3.05) is 19.6 Å². The second-order valence-electron chi connectivity index (χ2n) is 4.84. The van der Waals surface area contributed by atoms with Crippen LogP contribution in [0.3, 0.4) is 0 Å². The number of nitrogens with zero attached hydrogens (tertiary/aromatic N) is 2. The van der Waals surface area contributed by atoms with E-state index in [9.17, 15) is 9.59 Å². The van der Waals surface area contributed by atoms with Crippen LogP contribution in [0.15, 0.2) is 0 Å². The van der Waals surface area contributed by atoms with Crippen LogP contribution in [0, 0.1) is 12.3 Å². The Balaban J connectivity index is 2.79. The van der Waals surface area contributed by atoms with Crippen LogP contribution >= 0.6 is 0 Å². The molecule has 1 heterocycles. The molecule has 19 heavy (non-hydrogen) atoms. The molecule has 1 aliphatic rings. The van der Waals surface area contributed by atoms with Crippen LogP contribution in [0.1, 0.15) is 39.0 Å². The van der Waals surface area contributed by atoms with Crippen molar-refractivity contribution < 1.29 is 14.7 Å². The minimum absolute atomic E-state index is 0.0397. The van der Waals surface area contributed by atoms with Crippen molar-refractivity contribution in [1.29, 1.82) is 0 Å². The van der Waals surface area contributed by atoms with E-state index in [1.165, 1.54) is 4.90 Å². The average molecular weight is 266 g/mol. The molecule has 1 fully saturated rings. The number of amides is 2. The Morgan fingerprint density at radius 1 is 1.42 bits per heavy atom. The van der Waals surface area contributed by atoms with Gasteiger partial charge in [0.05, 0.1) is 6.54 Å². The summed E-state index contributed by atoms with van der Waals surface area (Å²) in [5, 5.41) is 8.86. The molecule has 1 saturated heterocycles. The van der Waals surface area contributed by atoms with Crippen LogP contribution in [-0.4, -0.2) is 52.6 Å². The number of carboxylic acids is 1. The molecule has 0 aliphatic carbocycles. The third-order valence-electron chi connectivity index (χ3n) is 3.47. The van der Waals surface area contributed by atoms with Gasteiger partial charge in [-0.05, 0) is 19.3 Å². The van der Waals surface area contributed by atoms with E-state index >= 15 is 0 Å². The molecule has 2 amide bonds. The number of rotatable bonds is 4. The van der Waals surface area contributed by atoms with E-state index in [0.29, 0.717) is 6.54 Å². The van der Waals surface area contributed by atoms with Gasteiger partial charge in [-0.3, -0.25) is 4.79 Å². The molecule has 0 aromatic heterocycles. The normalized spacial score (nSPS) is 19.4. The van der Waals surface area contributed by atoms with E-state index in [2.05, 4.69) is 12.8 Å². The van der Waals surface area contributed by atoms with E-state index in [1.54, 1.807) is 4.90 Å². The van der Waals surface area contributed by atoms with Gasteiger partial charge >= 0.3 is 12.0 Å². The highest BCUT2D eigenvalue weighted by Gasteiger charge is 2.28. The first-order valence-electron chi connectivity index (χ1n) is 6.81. The van der Waals surface area contributed by atoms with Crippen LogP contribution in [0.5, 0.6) is 0 Å². The summed E-state index contributed by atoms with van der Waals surface area (Å²) < 4.78 is 0. The first-order valence-corrected chi connectivity index (χ1v) is 6.81. The zero-order chi connectivity index (χ0) is 14.3. The lowest BCUT2D eigenvalue weighted by Crippen LogP contribution is -2.49. The quantitative estimate of drug-likeness (QED) is 0.789. The second kappa shape index (κ2) is 7.67. The van der Waals surface area contributed by atoms with Gasteiger partial charge in [-0.15, -0.1) is 6.42 Å². The van der Waals surface area contributed by atoms with Gasteiger partial charge in [0.15, 0.2) is 0 Å². The van der Waals surface area contributed by atoms with Crippen molar-refractivity contribution >= 4 is 12.0 Å². The van der Waals surface area contributed by atoms with E-state index in [1.807, 2.05) is 0 Å². The summed E-state index contributed by atoms with van der Waals surface area (Å²) in [6.07, 6.45) is 10.3. The molecular weight excluding hydrogens is 244 g/mol. The molecule has 0 aromatic rings. The van der Waals surface area contributed by atoms with Crippen LogP contribution in [0.4, 0.5) is 4.79 Å². The standard InChI is InChI=1S/C14H22N2O3/c1-3-9-15(11-13(17)18)14(19)16-10-7-5-6-8-12(16)4-2/h1,12H,4-11H2,2H3,(H,17,18). The summed E-state index contributed by atoms with van der Waals surface area (Å²) in [7, 11) is 0. The molecule has 5 heteroatoms. The number of carboxylic acid groups (broad SMARTS) is 1. The van der Waals surface area contributed by atoms with E-state index in [0.717, 1.165) is 32.1 Å². The number of hydrogen-bond donors (Lipinski definition) is 1. The second-order valence-corrected chi connectivity index (χ2v) is 4.84. The van der Waals surface area contributed by atoms with E-state index in [4.69, 9.17) is 11.5 Å². The minimum Gasteiger partial charge on any atom is -0.480 e. The number of aliphatic carboxylic acids is 1. The minimum atomic E-state index is -1.04. The first kappa shape index (κ1) is 15.4. The number of terminal acetylenes is 1. The Hall–Kier alpha value is -1.70. The summed E-state index contributed by atoms with van der Waals surface area (Å²) in [4.78, 5) is 26.3. The monoisotopic (exact) mass is 266 g/mol. The lowest BCUT2D eigenvalue weighted by atomic mass is 10.1. The zero-order valence-corrected chi connectivity index (χ0v) is 11.5. The third kappa shape index (κ3) is 4.47. The van der Waals surface area contributed by atoms with Crippen LogP contribution in [0.2, 0.25) is 0 Å². The van der Waals surface area contributed by atoms with E-state index < -0.39 is 5.97 Å². The topological polar surface area (TPSA) is 60.9 Å². The van der Waals surface area contributed by atoms with Crippen molar-refractivity contribution in [2.24, 2.45) is 0 Å². The van der Waals surface area contributed by atoms with Crippen molar-refractivity contribution in [3.8, 4) is 12.3 Å². The first-order chi connectivity index (χ1) is 9.10. The molecule has 0 saturated carbocycles. The number of urea groups is 1. The largest absolute Gasteiger partial charge is 0.480 e. The number of carbonyl (C=O) groups excluding carboxylic acids is 1. The van der Waals surface area contributed by atoms with Gasteiger partial charge in [-0.25, -0.2) is 4.79 Å². The Bertz CT molecular complexity index is 362.